The van der Waals surface area contributed by atoms with Crippen LogP contribution in [0.5, 0.6) is 0 Å². The molecule has 0 bridgehead atoms. The van der Waals surface area contributed by atoms with Crippen molar-refractivity contribution in [1.82, 2.24) is 30.9 Å². The summed E-state index contributed by atoms with van der Waals surface area (Å²) < 4.78 is 0. The lowest BCUT2D eigenvalue weighted by Crippen LogP contribution is -2.58. The van der Waals surface area contributed by atoms with Crippen LogP contribution in [0.2, 0.25) is 0 Å². The van der Waals surface area contributed by atoms with Crippen LogP contribution in [0.3, 0.4) is 0 Å². The van der Waals surface area contributed by atoms with Gasteiger partial charge in [-0.05, 0) is 24.5 Å². The topological polar surface area (TPSA) is 270 Å². The van der Waals surface area contributed by atoms with Gasteiger partial charge in [0.05, 0.1) is 12.4 Å². The molecule has 0 aliphatic rings. The Morgan fingerprint density at radius 2 is 1.42 bits per heavy atom. The highest BCUT2D eigenvalue weighted by molar-refractivity contribution is 5.95. The normalized spacial score (nSPS) is 13.8. The van der Waals surface area contributed by atoms with Gasteiger partial charge in [0.2, 0.25) is 17.7 Å². The number of hydrogen-bond acceptors (Lipinski definition) is 8. The number of para-hydroxylation sites is 1. The minimum Gasteiger partial charge on any atom is -0.481 e. The van der Waals surface area contributed by atoms with E-state index in [4.69, 9.17) is 15.9 Å². The molecule has 0 aliphatic carbocycles. The molecule has 1 aromatic carbocycles. The second kappa shape index (κ2) is 15.1. The fourth-order valence-electron chi connectivity index (χ4n) is 4.32. The number of aliphatic carboxylic acids is 3. The molecule has 0 saturated heterocycles. The van der Waals surface area contributed by atoms with Crippen LogP contribution in [-0.2, 0) is 41.6 Å². The molecule has 4 atom stereocenters. The first-order valence-corrected chi connectivity index (χ1v) is 13.3. The van der Waals surface area contributed by atoms with Crippen molar-refractivity contribution in [1.29, 1.82) is 0 Å². The van der Waals surface area contributed by atoms with Gasteiger partial charge in [-0.1, -0.05) is 18.2 Å². The number of carbonyl (C=O) groups is 6. The number of hydrogen-bond donors (Lipinski definition) is 9. The predicted molar refractivity (Wildman–Crippen MR) is 149 cm³/mol. The minimum atomic E-state index is -1.45. The Kier molecular flexibility index (Phi) is 11.3. The van der Waals surface area contributed by atoms with Crippen LogP contribution in [-0.4, -0.2) is 90.1 Å². The Balaban J connectivity index is 1.84. The highest BCUT2D eigenvalue weighted by Gasteiger charge is 2.31. The van der Waals surface area contributed by atoms with E-state index in [9.17, 15) is 33.9 Å². The summed E-state index contributed by atoms with van der Waals surface area (Å²) in [5.41, 5.74) is 7.57. The zero-order chi connectivity index (χ0) is 31.5. The Morgan fingerprint density at radius 1 is 0.791 bits per heavy atom. The zero-order valence-corrected chi connectivity index (χ0v) is 22.9. The first kappa shape index (κ1) is 32.3. The van der Waals surface area contributed by atoms with Crippen LogP contribution in [0.15, 0.2) is 43.0 Å². The van der Waals surface area contributed by atoms with Crippen molar-refractivity contribution in [2.45, 2.75) is 62.7 Å². The van der Waals surface area contributed by atoms with Gasteiger partial charge in [-0.25, -0.2) is 9.78 Å². The van der Waals surface area contributed by atoms with Crippen LogP contribution in [0.4, 0.5) is 0 Å². The number of nitrogens with two attached hydrogens (primary N) is 1. The molecule has 3 rings (SSSR count). The lowest BCUT2D eigenvalue weighted by Gasteiger charge is -2.25. The maximum absolute atomic E-state index is 13.5. The van der Waals surface area contributed by atoms with Crippen molar-refractivity contribution < 1.29 is 44.1 Å². The Morgan fingerprint density at radius 3 is 2.07 bits per heavy atom. The molecule has 3 amide bonds. The lowest BCUT2D eigenvalue weighted by atomic mass is 10.0. The van der Waals surface area contributed by atoms with Gasteiger partial charge in [0.1, 0.15) is 18.1 Å². The second-order valence-electron chi connectivity index (χ2n) is 9.84. The van der Waals surface area contributed by atoms with Gasteiger partial charge < -0.3 is 47.0 Å². The SMILES string of the molecule is NC(CCC(=O)O)C(=O)NC(CCC(=O)O)C(=O)NC(Cc1c[nH]c2ccccc12)C(=O)NC(Cc1cnc[nH]1)C(=O)O. The van der Waals surface area contributed by atoms with Gasteiger partial charge in [0.25, 0.3) is 0 Å². The summed E-state index contributed by atoms with van der Waals surface area (Å²) in [6.07, 6.45) is 2.67. The van der Waals surface area contributed by atoms with E-state index in [-0.39, 0.29) is 25.7 Å². The molecule has 10 N–H and O–H groups in total. The van der Waals surface area contributed by atoms with Crippen LogP contribution in [0.25, 0.3) is 10.9 Å². The van der Waals surface area contributed by atoms with E-state index in [2.05, 4.69) is 30.9 Å². The molecule has 2 heterocycles. The number of rotatable bonds is 17. The molecule has 4 unspecified atom stereocenters. The monoisotopic (exact) mass is 599 g/mol. The number of fused-ring (bicyclic) bond motifs is 1. The third-order valence-corrected chi connectivity index (χ3v) is 6.61. The van der Waals surface area contributed by atoms with Crippen LogP contribution in [0, 0.1) is 0 Å². The molecule has 3 aromatic rings. The number of carboxylic acid groups (broad SMARTS) is 3. The molecule has 0 spiro atoms. The fourth-order valence-corrected chi connectivity index (χ4v) is 4.32. The number of benzene rings is 1. The molecule has 16 heteroatoms. The molecule has 0 aliphatic heterocycles. The lowest BCUT2D eigenvalue weighted by molar-refractivity contribution is -0.142. The first-order valence-electron chi connectivity index (χ1n) is 13.3. The number of H-pyrrole nitrogens is 2. The van der Waals surface area contributed by atoms with E-state index in [1.165, 1.54) is 12.5 Å². The van der Waals surface area contributed by atoms with Gasteiger partial charge in [0, 0.05) is 54.7 Å². The minimum absolute atomic E-state index is 0.0876. The Hall–Kier alpha value is -5.25. The number of nitrogens with one attached hydrogen (secondary N) is 5. The predicted octanol–water partition coefficient (Wildman–Crippen LogP) is -0.728. The fraction of sp³-hybridized carbons (Fsp3) is 0.370. The van der Waals surface area contributed by atoms with Crippen molar-refractivity contribution in [3.63, 3.8) is 0 Å². The van der Waals surface area contributed by atoms with Crippen LogP contribution in [0.1, 0.15) is 36.9 Å². The van der Waals surface area contributed by atoms with Crippen molar-refractivity contribution >= 4 is 46.5 Å². The number of aromatic amines is 2. The number of carbonyl (C=O) groups excluding carboxylic acids is 3. The number of aromatic nitrogens is 3. The largest absolute Gasteiger partial charge is 0.481 e. The summed E-state index contributed by atoms with van der Waals surface area (Å²) in [5.74, 6) is -6.40. The molecule has 43 heavy (non-hydrogen) atoms. The summed E-state index contributed by atoms with van der Waals surface area (Å²) in [7, 11) is 0. The summed E-state index contributed by atoms with van der Waals surface area (Å²) in [4.78, 5) is 83.1. The summed E-state index contributed by atoms with van der Waals surface area (Å²) in [6.45, 7) is 0. The number of nitrogens with zero attached hydrogens (tertiary/aromatic N) is 1. The third-order valence-electron chi connectivity index (χ3n) is 6.61. The summed E-state index contributed by atoms with van der Waals surface area (Å²) in [5, 5.41) is 35.8. The van der Waals surface area contributed by atoms with Gasteiger partial charge in [-0.15, -0.1) is 0 Å². The number of imidazole rings is 1. The van der Waals surface area contributed by atoms with Crippen LogP contribution < -0.4 is 21.7 Å². The van der Waals surface area contributed by atoms with Crippen molar-refractivity contribution in [3.8, 4) is 0 Å². The van der Waals surface area contributed by atoms with E-state index in [0.29, 0.717) is 11.3 Å². The quantitative estimate of drug-likeness (QED) is 0.0933. The molecule has 0 fully saturated rings. The smallest absolute Gasteiger partial charge is 0.326 e. The summed E-state index contributed by atoms with van der Waals surface area (Å²) >= 11 is 0. The van der Waals surface area contributed by atoms with Gasteiger partial charge >= 0.3 is 17.9 Å². The van der Waals surface area contributed by atoms with Crippen LogP contribution >= 0.6 is 0 Å². The molecule has 16 nitrogen and oxygen atoms in total. The van der Waals surface area contributed by atoms with E-state index >= 15 is 0 Å². The Bertz CT molecular complexity index is 1450. The van der Waals surface area contributed by atoms with Gasteiger partial charge in [-0.3, -0.25) is 24.0 Å². The third kappa shape index (κ3) is 9.67. The molecular weight excluding hydrogens is 566 g/mol. The summed E-state index contributed by atoms with van der Waals surface area (Å²) in [6, 6.07) is 1.72. The zero-order valence-electron chi connectivity index (χ0n) is 22.9. The van der Waals surface area contributed by atoms with Gasteiger partial charge in [0.15, 0.2) is 0 Å². The van der Waals surface area contributed by atoms with Gasteiger partial charge in [-0.2, -0.15) is 0 Å². The number of carboxylic acids is 3. The maximum Gasteiger partial charge on any atom is 0.326 e. The molecular formula is C27H33N7O9. The highest BCUT2D eigenvalue weighted by Crippen LogP contribution is 2.19. The van der Waals surface area contributed by atoms with Crippen molar-refractivity contribution in [3.05, 3.63) is 54.2 Å². The molecule has 0 radical (unpaired) electrons. The number of amides is 3. The molecule has 230 valence electrons. The second-order valence-corrected chi connectivity index (χ2v) is 9.84. The highest BCUT2D eigenvalue weighted by atomic mass is 16.4. The van der Waals surface area contributed by atoms with Crippen molar-refractivity contribution in [2.24, 2.45) is 5.73 Å². The van der Waals surface area contributed by atoms with E-state index in [0.717, 1.165) is 10.9 Å². The standard InChI is InChI=1S/C27H33N7O9/c28-17(5-7-22(35)36)24(39)32-19(6-8-23(37)38)25(40)33-20(9-14-11-30-18-4-2-1-3-16(14)18)26(41)34-21(27(42)43)10-15-12-29-13-31-15/h1-4,11-13,17,19-21,30H,5-10,28H2,(H,29,31)(H,32,39)(H,33,40)(H,34,41)(H,35,36)(H,37,38)(H,42,43). The van der Waals surface area contributed by atoms with E-state index in [1.54, 1.807) is 24.4 Å². The van der Waals surface area contributed by atoms with E-state index < -0.39 is 72.6 Å². The molecule has 2 aromatic heterocycles. The first-order chi connectivity index (χ1) is 20.4. The average molecular weight is 600 g/mol. The maximum atomic E-state index is 13.5. The van der Waals surface area contributed by atoms with Crippen molar-refractivity contribution in [2.75, 3.05) is 0 Å². The average Bonchev–Trinajstić information content (AvgIpc) is 3.62. The Labute approximate surface area is 244 Å². The van der Waals surface area contributed by atoms with E-state index in [1.807, 2.05) is 6.07 Å². The molecule has 0 saturated carbocycles.